The third kappa shape index (κ3) is 4.48. The zero-order chi connectivity index (χ0) is 23.0. The van der Waals surface area contributed by atoms with Crippen LogP contribution in [0, 0.1) is 0 Å². The Labute approximate surface area is 203 Å². The first-order chi connectivity index (χ1) is 16.0. The van der Waals surface area contributed by atoms with E-state index in [2.05, 4.69) is 10.3 Å². The van der Waals surface area contributed by atoms with Gasteiger partial charge < -0.3 is 14.5 Å². The van der Waals surface area contributed by atoms with Crippen LogP contribution in [-0.2, 0) is 27.9 Å². The summed E-state index contributed by atoms with van der Waals surface area (Å²) >= 11 is 7.89. The van der Waals surface area contributed by atoms with E-state index in [0.29, 0.717) is 24.7 Å². The van der Waals surface area contributed by atoms with Crippen LogP contribution in [0.2, 0.25) is 5.02 Å². The highest BCUT2D eigenvalue weighted by atomic mass is 35.5. The van der Waals surface area contributed by atoms with Crippen LogP contribution in [0.4, 0.5) is 10.5 Å². The predicted octanol–water partition coefficient (Wildman–Crippen LogP) is 4.08. The molecule has 1 aromatic carbocycles. The van der Waals surface area contributed by atoms with Crippen LogP contribution < -0.4 is 4.90 Å². The predicted molar refractivity (Wildman–Crippen MR) is 129 cm³/mol. The summed E-state index contributed by atoms with van der Waals surface area (Å²) in [4.78, 5) is 36.3. The maximum atomic E-state index is 13.4. The average Bonchev–Trinajstić information content (AvgIpc) is 3.53. The zero-order valence-corrected chi connectivity index (χ0v) is 20.5. The fraction of sp³-hybridized carbons (Fsp3) is 0.542. The number of fused-ring (bicyclic) bond motifs is 2. The lowest BCUT2D eigenvalue weighted by molar-refractivity contribution is -0.118. The van der Waals surface area contributed by atoms with Crippen molar-refractivity contribution in [2.75, 3.05) is 44.7 Å². The lowest BCUT2D eigenvalue weighted by Gasteiger charge is -2.25. The summed E-state index contributed by atoms with van der Waals surface area (Å²) < 4.78 is 4.93. The van der Waals surface area contributed by atoms with Crippen molar-refractivity contribution in [3.05, 3.63) is 44.9 Å². The Morgan fingerprint density at radius 2 is 2.00 bits per heavy atom. The van der Waals surface area contributed by atoms with Crippen molar-refractivity contribution in [1.29, 1.82) is 0 Å². The number of methoxy groups -OCH3 is 1. The lowest BCUT2D eigenvalue weighted by atomic mass is 9.81. The molecule has 0 N–H and O–H groups in total. The molecule has 176 valence electrons. The Bertz CT molecular complexity index is 1050. The van der Waals surface area contributed by atoms with Crippen molar-refractivity contribution >= 4 is 40.6 Å². The number of aromatic nitrogens is 1. The molecule has 5 rings (SSSR count). The largest absolute Gasteiger partial charge is 0.453 e. The molecule has 2 amide bonds. The fourth-order valence-corrected chi connectivity index (χ4v) is 6.39. The third-order valence-corrected chi connectivity index (χ3v) is 8.24. The van der Waals surface area contributed by atoms with E-state index in [9.17, 15) is 9.59 Å². The van der Waals surface area contributed by atoms with E-state index < -0.39 is 0 Å². The number of likely N-dealkylation sites (tertiary alicyclic amines) is 2. The number of halogens is 1. The van der Waals surface area contributed by atoms with Crippen molar-refractivity contribution in [3.8, 4) is 0 Å². The number of anilines is 1. The van der Waals surface area contributed by atoms with Gasteiger partial charge in [0.05, 0.1) is 19.2 Å². The molecule has 1 atom stereocenters. The Hall–Kier alpha value is -2.16. The van der Waals surface area contributed by atoms with Gasteiger partial charge >= 0.3 is 6.09 Å². The number of carbonyl (C=O) groups is 2. The number of hydrogen-bond donors (Lipinski definition) is 0. The highest BCUT2D eigenvalue weighted by molar-refractivity contribution is 7.09. The molecule has 0 saturated carbocycles. The molecule has 1 unspecified atom stereocenters. The molecular formula is C24H29ClN4O3S. The summed E-state index contributed by atoms with van der Waals surface area (Å²) in [6.07, 6.45) is 4.55. The molecule has 2 saturated heterocycles. The van der Waals surface area contributed by atoms with E-state index in [1.807, 2.05) is 23.1 Å². The van der Waals surface area contributed by atoms with E-state index in [1.165, 1.54) is 26.4 Å². The third-order valence-electron chi connectivity index (χ3n) is 7.11. The van der Waals surface area contributed by atoms with Crippen LogP contribution in [-0.4, -0.2) is 66.6 Å². The molecule has 7 nitrogen and oxygen atoms in total. The van der Waals surface area contributed by atoms with Gasteiger partial charge in [-0.05, 0) is 56.1 Å². The quantitative estimate of drug-likeness (QED) is 0.648. The number of benzene rings is 1. The topological polar surface area (TPSA) is 66.0 Å². The number of ether oxygens (including phenoxy) is 1. The molecule has 2 aromatic rings. The maximum absolute atomic E-state index is 13.4. The number of thiazole rings is 1. The molecule has 1 spiro atoms. The average molecular weight is 489 g/mol. The summed E-state index contributed by atoms with van der Waals surface area (Å²) in [5.74, 6) is 0.0332. The molecule has 4 heterocycles. The highest BCUT2D eigenvalue weighted by Gasteiger charge is 2.50. The molecule has 33 heavy (non-hydrogen) atoms. The SMILES string of the molecule is COC(=O)N1CCC2(C1)CN(C(=O)Cc1nc(CN3CCCCC3)cs1)c1ccc(Cl)cc12. The fourth-order valence-electron chi connectivity index (χ4n) is 5.44. The van der Waals surface area contributed by atoms with Crippen LogP contribution >= 0.6 is 22.9 Å². The summed E-state index contributed by atoms with van der Waals surface area (Å²) in [6.45, 7) is 4.79. The van der Waals surface area contributed by atoms with Crippen molar-refractivity contribution in [2.45, 2.75) is 44.1 Å². The van der Waals surface area contributed by atoms with Gasteiger partial charge in [-0.25, -0.2) is 9.78 Å². The summed E-state index contributed by atoms with van der Waals surface area (Å²) in [6, 6.07) is 5.70. The number of nitrogens with zero attached hydrogens (tertiary/aromatic N) is 4. The molecule has 0 aliphatic carbocycles. The van der Waals surface area contributed by atoms with Crippen LogP contribution in [0.1, 0.15) is 41.9 Å². The molecule has 2 fully saturated rings. The maximum Gasteiger partial charge on any atom is 0.409 e. The minimum Gasteiger partial charge on any atom is -0.453 e. The molecule has 1 aromatic heterocycles. The van der Waals surface area contributed by atoms with Gasteiger partial charge in [-0.15, -0.1) is 11.3 Å². The molecular weight excluding hydrogens is 460 g/mol. The van der Waals surface area contributed by atoms with Crippen LogP contribution in [0.15, 0.2) is 23.6 Å². The van der Waals surface area contributed by atoms with E-state index in [-0.39, 0.29) is 23.8 Å². The molecule has 9 heteroatoms. The number of rotatable bonds is 4. The minimum absolute atomic E-state index is 0.0332. The van der Waals surface area contributed by atoms with E-state index in [1.54, 1.807) is 16.2 Å². The van der Waals surface area contributed by atoms with Crippen LogP contribution in [0.25, 0.3) is 0 Å². The first-order valence-electron chi connectivity index (χ1n) is 11.6. The zero-order valence-electron chi connectivity index (χ0n) is 18.9. The van der Waals surface area contributed by atoms with Gasteiger partial charge in [0.25, 0.3) is 0 Å². The second kappa shape index (κ2) is 9.24. The number of amides is 2. The van der Waals surface area contributed by atoms with Gasteiger partial charge in [0.15, 0.2) is 0 Å². The minimum atomic E-state index is -0.329. The lowest BCUT2D eigenvalue weighted by Crippen LogP contribution is -2.40. The van der Waals surface area contributed by atoms with Gasteiger partial charge in [0, 0.05) is 47.7 Å². The molecule has 0 bridgehead atoms. The summed E-state index contributed by atoms with van der Waals surface area (Å²) in [5.41, 5.74) is 2.67. The molecule has 3 aliphatic heterocycles. The van der Waals surface area contributed by atoms with Crippen molar-refractivity contribution in [2.24, 2.45) is 0 Å². The van der Waals surface area contributed by atoms with E-state index >= 15 is 0 Å². The van der Waals surface area contributed by atoms with Crippen LogP contribution in [0.3, 0.4) is 0 Å². The number of carbonyl (C=O) groups excluding carboxylic acids is 2. The first kappa shape index (κ1) is 22.6. The first-order valence-corrected chi connectivity index (χ1v) is 12.8. The van der Waals surface area contributed by atoms with Gasteiger partial charge in [0.1, 0.15) is 5.01 Å². The van der Waals surface area contributed by atoms with Crippen molar-refractivity contribution < 1.29 is 14.3 Å². The monoisotopic (exact) mass is 488 g/mol. The van der Waals surface area contributed by atoms with Crippen LogP contribution in [0.5, 0.6) is 0 Å². The van der Waals surface area contributed by atoms with Gasteiger partial charge in [-0.2, -0.15) is 0 Å². The van der Waals surface area contributed by atoms with Crippen molar-refractivity contribution in [1.82, 2.24) is 14.8 Å². The number of hydrogen-bond acceptors (Lipinski definition) is 6. The smallest absolute Gasteiger partial charge is 0.409 e. The van der Waals surface area contributed by atoms with Gasteiger partial charge in [0.2, 0.25) is 5.91 Å². The van der Waals surface area contributed by atoms with E-state index in [0.717, 1.165) is 48.0 Å². The second-order valence-electron chi connectivity index (χ2n) is 9.31. The Kier molecular flexibility index (Phi) is 6.33. The van der Waals surface area contributed by atoms with Gasteiger partial charge in [-0.1, -0.05) is 18.0 Å². The van der Waals surface area contributed by atoms with Gasteiger partial charge in [-0.3, -0.25) is 9.69 Å². The summed E-state index contributed by atoms with van der Waals surface area (Å²) in [7, 11) is 1.40. The molecule has 0 radical (unpaired) electrons. The Morgan fingerprint density at radius 3 is 2.79 bits per heavy atom. The normalized spacial score (nSPS) is 22.7. The Balaban J connectivity index is 1.31. The standard InChI is InChI=1S/C24H29ClN4O3S/c1-32-23(31)28-10-7-24(15-28)16-29(20-6-5-17(25)11-19(20)24)22(30)12-21-26-18(14-33-21)13-27-8-3-2-4-9-27/h5-6,11,14H,2-4,7-10,12-13,15-16H2,1H3. The second-order valence-corrected chi connectivity index (χ2v) is 10.7. The highest BCUT2D eigenvalue weighted by Crippen LogP contribution is 2.47. The van der Waals surface area contributed by atoms with E-state index in [4.69, 9.17) is 21.3 Å². The summed E-state index contributed by atoms with van der Waals surface area (Å²) in [5, 5.41) is 3.58. The Morgan fingerprint density at radius 1 is 1.18 bits per heavy atom. The molecule has 3 aliphatic rings. The number of piperidine rings is 1. The van der Waals surface area contributed by atoms with Crippen molar-refractivity contribution in [3.63, 3.8) is 0 Å².